The minimum absolute atomic E-state index is 0.220. The van der Waals surface area contributed by atoms with Crippen LogP contribution in [0.25, 0.3) is 0 Å². The fourth-order valence-electron chi connectivity index (χ4n) is 3.27. The summed E-state index contributed by atoms with van der Waals surface area (Å²) in [5.74, 6) is -1.68. The first-order valence-corrected chi connectivity index (χ1v) is 9.55. The number of rotatable bonds is 8. The number of imide groups is 1. The van der Waals surface area contributed by atoms with Gasteiger partial charge in [0.05, 0.1) is 32.5 Å². The maximum Gasteiger partial charge on any atom is 0.329 e. The van der Waals surface area contributed by atoms with Crippen LogP contribution in [0.5, 0.6) is 17.2 Å². The van der Waals surface area contributed by atoms with Crippen molar-refractivity contribution in [2.24, 2.45) is 0 Å². The van der Waals surface area contributed by atoms with Gasteiger partial charge in [-0.2, -0.15) is 0 Å². The number of esters is 1. The second-order valence-electron chi connectivity index (χ2n) is 6.77. The van der Waals surface area contributed by atoms with Gasteiger partial charge in [-0.25, -0.2) is 4.79 Å². The summed E-state index contributed by atoms with van der Waals surface area (Å²) in [5.41, 5.74) is 0.767. The molecule has 0 bridgehead atoms. The molecule has 1 atom stereocenters. The van der Waals surface area contributed by atoms with Crippen molar-refractivity contribution in [3.05, 3.63) is 47.5 Å². The SMILES string of the molecule is COc1cc(NC(=O)COC(=O)C(C)N2C(=O)c3ccccc3C2=O)cc(OC)c1OC. The lowest BCUT2D eigenvalue weighted by Gasteiger charge is -2.20. The van der Waals surface area contributed by atoms with Gasteiger partial charge in [0.2, 0.25) is 5.75 Å². The molecule has 10 heteroatoms. The molecule has 0 saturated heterocycles. The van der Waals surface area contributed by atoms with E-state index in [2.05, 4.69) is 5.32 Å². The van der Waals surface area contributed by atoms with E-state index in [0.717, 1.165) is 4.90 Å². The lowest BCUT2D eigenvalue weighted by Crippen LogP contribution is -2.44. The molecule has 0 radical (unpaired) electrons. The largest absolute Gasteiger partial charge is 0.493 e. The van der Waals surface area contributed by atoms with Crippen molar-refractivity contribution in [2.75, 3.05) is 33.3 Å². The molecule has 2 aromatic rings. The third-order valence-corrected chi connectivity index (χ3v) is 4.85. The minimum Gasteiger partial charge on any atom is -0.493 e. The highest BCUT2D eigenvalue weighted by Crippen LogP contribution is 2.39. The molecule has 1 aliphatic heterocycles. The Labute approximate surface area is 184 Å². The number of nitrogens with one attached hydrogen (secondary N) is 1. The van der Waals surface area contributed by atoms with Crippen molar-refractivity contribution in [3.8, 4) is 17.2 Å². The molecule has 0 aliphatic carbocycles. The molecule has 1 unspecified atom stereocenters. The highest BCUT2D eigenvalue weighted by Gasteiger charge is 2.41. The van der Waals surface area contributed by atoms with Gasteiger partial charge in [0.15, 0.2) is 18.1 Å². The van der Waals surface area contributed by atoms with Crippen LogP contribution in [0, 0.1) is 0 Å². The van der Waals surface area contributed by atoms with E-state index in [1.165, 1.54) is 52.5 Å². The summed E-state index contributed by atoms with van der Waals surface area (Å²) in [7, 11) is 4.32. The van der Waals surface area contributed by atoms with Crippen LogP contribution in [0.1, 0.15) is 27.6 Å². The topological polar surface area (TPSA) is 120 Å². The Bertz CT molecular complexity index is 1020. The number of amides is 3. The van der Waals surface area contributed by atoms with E-state index < -0.39 is 36.3 Å². The van der Waals surface area contributed by atoms with Crippen molar-refractivity contribution in [1.29, 1.82) is 0 Å². The van der Waals surface area contributed by atoms with Gasteiger partial charge in [-0.15, -0.1) is 0 Å². The van der Waals surface area contributed by atoms with Crippen molar-refractivity contribution in [3.63, 3.8) is 0 Å². The van der Waals surface area contributed by atoms with Gasteiger partial charge < -0.3 is 24.3 Å². The van der Waals surface area contributed by atoms with Gasteiger partial charge in [-0.3, -0.25) is 19.3 Å². The van der Waals surface area contributed by atoms with Crippen LogP contribution >= 0.6 is 0 Å². The van der Waals surface area contributed by atoms with Crippen molar-refractivity contribution < 1.29 is 38.1 Å². The zero-order valence-corrected chi connectivity index (χ0v) is 18.0. The first kappa shape index (κ1) is 22.6. The van der Waals surface area contributed by atoms with Crippen molar-refractivity contribution in [1.82, 2.24) is 4.90 Å². The number of ether oxygens (including phenoxy) is 4. The Kier molecular flexibility index (Phi) is 6.62. The monoisotopic (exact) mass is 442 g/mol. The zero-order valence-electron chi connectivity index (χ0n) is 18.0. The molecule has 168 valence electrons. The highest BCUT2D eigenvalue weighted by atomic mass is 16.5. The lowest BCUT2D eigenvalue weighted by atomic mass is 10.1. The normalized spacial score (nSPS) is 13.3. The molecule has 10 nitrogen and oxygen atoms in total. The first-order valence-electron chi connectivity index (χ1n) is 9.55. The van der Waals surface area contributed by atoms with Crippen LogP contribution in [0.4, 0.5) is 5.69 Å². The molecule has 3 rings (SSSR count). The number of nitrogens with zero attached hydrogens (tertiary/aromatic N) is 1. The van der Waals surface area contributed by atoms with Gasteiger partial charge >= 0.3 is 5.97 Å². The molecular formula is C22H22N2O8. The Morgan fingerprint density at radius 1 is 0.938 bits per heavy atom. The van der Waals surface area contributed by atoms with E-state index in [9.17, 15) is 19.2 Å². The summed E-state index contributed by atoms with van der Waals surface area (Å²) in [5, 5.41) is 2.56. The third-order valence-electron chi connectivity index (χ3n) is 4.85. The van der Waals surface area contributed by atoms with Gasteiger partial charge in [-0.1, -0.05) is 12.1 Å². The molecular weight excluding hydrogens is 420 g/mol. The van der Waals surface area contributed by atoms with E-state index in [1.54, 1.807) is 12.1 Å². The van der Waals surface area contributed by atoms with Crippen LogP contribution in [0.3, 0.4) is 0 Å². The maximum atomic E-state index is 12.5. The average Bonchev–Trinajstić information content (AvgIpc) is 3.06. The van der Waals surface area contributed by atoms with Crippen LogP contribution in [0.2, 0.25) is 0 Å². The minimum atomic E-state index is -1.20. The second-order valence-corrected chi connectivity index (χ2v) is 6.77. The predicted octanol–water partition coefficient (Wildman–Crippen LogP) is 1.88. The Morgan fingerprint density at radius 2 is 1.47 bits per heavy atom. The molecule has 3 amide bonds. The first-order chi connectivity index (χ1) is 15.3. The van der Waals surface area contributed by atoms with E-state index >= 15 is 0 Å². The maximum absolute atomic E-state index is 12.5. The zero-order chi connectivity index (χ0) is 23.4. The number of hydrogen-bond acceptors (Lipinski definition) is 8. The average molecular weight is 442 g/mol. The summed E-state index contributed by atoms with van der Waals surface area (Å²) in [6, 6.07) is 8.12. The summed E-state index contributed by atoms with van der Waals surface area (Å²) in [4.78, 5) is 50.5. The van der Waals surface area contributed by atoms with Crippen molar-refractivity contribution in [2.45, 2.75) is 13.0 Å². The van der Waals surface area contributed by atoms with E-state index in [1.807, 2.05) is 0 Å². The standard InChI is InChI=1S/C22H22N2O8/c1-12(24-20(26)14-7-5-6-8-15(14)21(24)27)22(28)32-11-18(25)23-13-9-16(29-2)19(31-4)17(10-13)30-3/h5-10,12H,11H2,1-4H3,(H,23,25). The number of hydrogen-bond donors (Lipinski definition) is 1. The molecule has 0 aromatic heterocycles. The quantitative estimate of drug-likeness (QED) is 0.486. The Balaban J connectivity index is 1.63. The summed E-state index contributed by atoms with van der Waals surface area (Å²) in [6.07, 6.45) is 0. The molecule has 1 N–H and O–H groups in total. The van der Waals surface area contributed by atoms with Crippen LogP contribution in [-0.4, -0.2) is 62.6 Å². The molecule has 2 aromatic carbocycles. The lowest BCUT2D eigenvalue weighted by molar-refractivity contribution is -0.150. The summed E-state index contributed by atoms with van der Waals surface area (Å²) >= 11 is 0. The van der Waals surface area contributed by atoms with Gasteiger partial charge in [0.1, 0.15) is 6.04 Å². The van der Waals surface area contributed by atoms with E-state index in [0.29, 0.717) is 22.9 Å². The summed E-state index contributed by atoms with van der Waals surface area (Å²) < 4.78 is 20.7. The van der Waals surface area contributed by atoms with Crippen LogP contribution < -0.4 is 19.5 Å². The van der Waals surface area contributed by atoms with E-state index in [4.69, 9.17) is 18.9 Å². The highest BCUT2D eigenvalue weighted by molar-refractivity contribution is 6.22. The van der Waals surface area contributed by atoms with Crippen LogP contribution in [0.15, 0.2) is 36.4 Å². The third kappa shape index (κ3) is 4.20. The Hall–Kier alpha value is -4.08. The molecule has 32 heavy (non-hydrogen) atoms. The van der Waals surface area contributed by atoms with Gasteiger partial charge in [0.25, 0.3) is 17.7 Å². The predicted molar refractivity (Wildman–Crippen MR) is 112 cm³/mol. The molecule has 1 heterocycles. The Morgan fingerprint density at radius 3 is 1.94 bits per heavy atom. The number of fused-ring (bicyclic) bond motifs is 1. The number of carbonyl (C=O) groups excluding carboxylic acids is 4. The summed E-state index contributed by atoms with van der Waals surface area (Å²) in [6.45, 7) is 0.740. The molecule has 0 saturated carbocycles. The molecule has 0 fully saturated rings. The number of anilines is 1. The molecule has 0 spiro atoms. The second kappa shape index (κ2) is 9.38. The van der Waals surface area contributed by atoms with Crippen LogP contribution in [-0.2, 0) is 14.3 Å². The molecule has 1 aliphatic rings. The van der Waals surface area contributed by atoms with Gasteiger partial charge in [-0.05, 0) is 19.1 Å². The van der Waals surface area contributed by atoms with Crippen molar-refractivity contribution >= 4 is 29.4 Å². The number of carbonyl (C=O) groups is 4. The fourth-order valence-corrected chi connectivity index (χ4v) is 3.27. The fraction of sp³-hybridized carbons (Fsp3) is 0.273. The van der Waals surface area contributed by atoms with Gasteiger partial charge in [0, 0.05) is 17.8 Å². The number of benzene rings is 2. The van der Waals surface area contributed by atoms with E-state index in [-0.39, 0.29) is 11.1 Å². The smallest absolute Gasteiger partial charge is 0.329 e. The number of methoxy groups -OCH3 is 3.